The molecule has 0 fully saturated rings. The van der Waals surface area contributed by atoms with Gasteiger partial charge in [-0.2, -0.15) is 15.2 Å². The third-order valence-electron chi connectivity index (χ3n) is 9.72. The van der Waals surface area contributed by atoms with E-state index in [1.165, 1.54) is 0 Å². The van der Waals surface area contributed by atoms with Gasteiger partial charge in [0.15, 0.2) is 11.6 Å². The Hall–Kier alpha value is -7.36. The summed E-state index contributed by atoms with van der Waals surface area (Å²) in [5.41, 5.74) is 10.3. The summed E-state index contributed by atoms with van der Waals surface area (Å²) in [5.74, 6) is 1.66. The van der Waals surface area contributed by atoms with Crippen molar-refractivity contribution in [3.63, 3.8) is 0 Å². The van der Waals surface area contributed by atoms with Gasteiger partial charge in [0.2, 0.25) is 5.95 Å². The molecule has 0 radical (unpaired) electrons. The van der Waals surface area contributed by atoms with Crippen molar-refractivity contribution in [2.24, 2.45) is 0 Å². The quantitative estimate of drug-likeness (QED) is 0.183. The molecule has 0 bridgehead atoms. The molecule has 3 heterocycles. The Morgan fingerprint density at radius 3 is 1.85 bits per heavy atom. The first-order valence-electron chi connectivity index (χ1n) is 17.1. The molecule has 0 saturated heterocycles. The van der Waals surface area contributed by atoms with Crippen molar-refractivity contribution in [2.45, 2.75) is 0 Å². The highest BCUT2D eigenvalue weighted by atomic mass is 16.3. The van der Waals surface area contributed by atoms with Crippen LogP contribution in [-0.2, 0) is 0 Å². The minimum Gasteiger partial charge on any atom is -0.456 e. The first kappa shape index (κ1) is 29.5. The Morgan fingerprint density at radius 1 is 0.462 bits per heavy atom. The maximum absolute atomic E-state index is 9.32. The molecule has 0 amide bonds. The summed E-state index contributed by atoms with van der Waals surface area (Å²) >= 11 is 0. The van der Waals surface area contributed by atoms with E-state index in [4.69, 9.17) is 19.4 Å². The molecule has 0 unspecified atom stereocenters. The zero-order chi connectivity index (χ0) is 34.6. The fourth-order valence-electron chi connectivity index (χ4n) is 7.33. The third kappa shape index (κ3) is 4.76. The Morgan fingerprint density at radius 2 is 1.08 bits per heavy atom. The van der Waals surface area contributed by atoms with Crippen LogP contribution in [0.15, 0.2) is 168 Å². The number of nitriles is 1. The second-order valence-corrected chi connectivity index (χ2v) is 12.7. The van der Waals surface area contributed by atoms with Crippen LogP contribution in [0.1, 0.15) is 5.56 Å². The molecule has 0 N–H and O–H groups in total. The minimum atomic E-state index is 0.535. The van der Waals surface area contributed by atoms with E-state index in [0.717, 1.165) is 77.1 Å². The van der Waals surface area contributed by atoms with E-state index in [1.807, 2.05) is 78.9 Å². The number of aromatic nitrogens is 4. The van der Waals surface area contributed by atoms with Crippen LogP contribution in [0, 0.1) is 11.3 Å². The molecule has 3 aromatic heterocycles. The van der Waals surface area contributed by atoms with Crippen molar-refractivity contribution >= 4 is 43.7 Å². The van der Waals surface area contributed by atoms with E-state index in [2.05, 4.69) is 95.6 Å². The maximum Gasteiger partial charge on any atom is 0.238 e. The van der Waals surface area contributed by atoms with Crippen molar-refractivity contribution in [1.82, 2.24) is 19.5 Å². The molecule has 242 valence electrons. The number of fused-ring (bicyclic) bond motifs is 6. The first-order chi connectivity index (χ1) is 25.7. The van der Waals surface area contributed by atoms with E-state index in [0.29, 0.717) is 23.2 Å². The maximum atomic E-state index is 9.32. The molecular weight excluding hydrogens is 639 g/mol. The SMILES string of the molecule is N#Cc1ccc(-c2cccc3oc4cc(-c5nc(-c6ccccc6)nc(-n6c7ccccc7c7c(-c8ccccc8)cccc76)n5)ccc4c23)cc1. The summed E-state index contributed by atoms with van der Waals surface area (Å²) in [6, 6.07) is 57.5. The zero-order valence-corrected chi connectivity index (χ0v) is 27.7. The van der Waals surface area contributed by atoms with Crippen LogP contribution >= 0.6 is 0 Å². The number of furan rings is 1. The van der Waals surface area contributed by atoms with Crippen LogP contribution < -0.4 is 0 Å². The zero-order valence-electron chi connectivity index (χ0n) is 27.7. The van der Waals surface area contributed by atoms with Crippen molar-refractivity contribution in [3.05, 3.63) is 169 Å². The minimum absolute atomic E-state index is 0.535. The molecule has 0 aliphatic carbocycles. The second kappa shape index (κ2) is 11.9. The molecule has 0 aliphatic rings. The van der Waals surface area contributed by atoms with E-state index in [9.17, 15) is 5.26 Å². The van der Waals surface area contributed by atoms with E-state index in [1.54, 1.807) is 0 Å². The molecule has 0 spiro atoms. The summed E-state index contributed by atoms with van der Waals surface area (Å²) < 4.78 is 8.63. The fraction of sp³-hybridized carbons (Fsp3) is 0. The lowest BCUT2D eigenvalue weighted by Crippen LogP contribution is -2.06. The van der Waals surface area contributed by atoms with Gasteiger partial charge in [-0.05, 0) is 64.7 Å². The number of nitrogens with zero attached hydrogens (tertiary/aromatic N) is 5. The molecule has 6 nitrogen and oxygen atoms in total. The van der Waals surface area contributed by atoms with Gasteiger partial charge in [-0.3, -0.25) is 4.57 Å². The van der Waals surface area contributed by atoms with Gasteiger partial charge in [0, 0.05) is 32.7 Å². The van der Waals surface area contributed by atoms with Crippen LogP contribution in [0.25, 0.3) is 94.7 Å². The van der Waals surface area contributed by atoms with Gasteiger partial charge in [-0.1, -0.05) is 121 Å². The lowest BCUT2D eigenvalue weighted by atomic mass is 9.98. The predicted octanol–water partition coefficient (Wildman–Crippen LogP) is 11.4. The van der Waals surface area contributed by atoms with Gasteiger partial charge in [0.25, 0.3) is 0 Å². The molecule has 10 rings (SSSR count). The Balaban J connectivity index is 1.19. The van der Waals surface area contributed by atoms with Gasteiger partial charge < -0.3 is 4.42 Å². The summed E-state index contributed by atoms with van der Waals surface area (Å²) in [7, 11) is 0. The largest absolute Gasteiger partial charge is 0.456 e. The third-order valence-corrected chi connectivity index (χ3v) is 9.72. The molecule has 10 aromatic rings. The topological polar surface area (TPSA) is 80.5 Å². The smallest absolute Gasteiger partial charge is 0.238 e. The number of rotatable bonds is 5. The standard InChI is InChI=1S/C46H27N5O/c47-28-29-21-23-31(24-22-29)35-17-10-20-40-43(35)37-26-25-33(27-41(37)52-40)45-48-44(32-13-5-2-6-14-32)49-46(50-45)51-38-18-8-7-15-36(38)42-34(16-9-19-39(42)51)30-11-3-1-4-12-30/h1-27H. The summed E-state index contributed by atoms with van der Waals surface area (Å²) in [6.07, 6.45) is 0. The molecule has 52 heavy (non-hydrogen) atoms. The van der Waals surface area contributed by atoms with Gasteiger partial charge in [-0.15, -0.1) is 0 Å². The number of hydrogen-bond donors (Lipinski definition) is 0. The lowest BCUT2D eigenvalue weighted by molar-refractivity contribution is 0.669. The fourth-order valence-corrected chi connectivity index (χ4v) is 7.33. The predicted molar refractivity (Wildman–Crippen MR) is 208 cm³/mol. The molecule has 0 atom stereocenters. The lowest BCUT2D eigenvalue weighted by Gasteiger charge is -2.11. The van der Waals surface area contributed by atoms with Crippen LogP contribution in [-0.4, -0.2) is 19.5 Å². The van der Waals surface area contributed by atoms with Crippen molar-refractivity contribution in [2.75, 3.05) is 0 Å². The second-order valence-electron chi connectivity index (χ2n) is 12.7. The number of para-hydroxylation sites is 1. The van der Waals surface area contributed by atoms with Crippen LogP contribution in [0.3, 0.4) is 0 Å². The summed E-state index contributed by atoms with van der Waals surface area (Å²) in [4.78, 5) is 15.4. The number of hydrogen-bond acceptors (Lipinski definition) is 5. The van der Waals surface area contributed by atoms with Crippen LogP contribution in [0.2, 0.25) is 0 Å². The van der Waals surface area contributed by atoms with E-state index in [-0.39, 0.29) is 0 Å². The van der Waals surface area contributed by atoms with Crippen molar-refractivity contribution < 1.29 is 4.42 Å². The van der Waals surface area contributed by atoms with Gasteiger partial charge in [0.1, 0.15) is 11.2 Å². The Bertz CT molecular complexity index is 3010. The average molecular weight is 666 g/mol. The highest BCUT2D eigenvalue weighted by Gasteiger charge is 2.21. The van der Waals surface area contributed by atoms with Crippen LogP contribution in [0.4, 0.5) is 0 Å². The van der Waals surface area contributed by atoms with E-state index < -0.39 is 0 Å². The Kier molecular flexibility index (Phi) is 6.76. The highest BCUT2D eigenvalue weighted by molar-refractivity contribution is 6.16. The monoisotopic (exact) mass is 665 g/mol. The van der Waals surface area contributed by atoms with Gasteiger partial charge in [0.05, 0.1) is 22.7 Å². The molecule has 0 saturated carbocycles. The highest BCUT2D eigenvalue weighted by Crippen LogP contribution is 2.40. The van der Waals surface area contributed by atoms with E-state index >= 15 is 0 Å². The molecular formula is C46H27N5O. The van der Waals surface area contributed by atoms with Crippen molar-refractivity contribution in [3.8, 4) is 57.0 Å². The van der Waals surface area contributed by atoms with Crippen LogP contribution in [0.5, 0.6) is 0 Å². The average Bonchev–Trinajstić information content (AvgIpc) is 3.77. The summed E-state index contributed by atoms with van der Waals surface area (Å²) in [6.45, 7) is 0. The Labute approximate surface area is 298 Å². The van der Waals surface area contributed by atoms with Crippen molar-refractivity contribution in [1.29, 1.82) is 5.26 Å². The first-order valence-corrected chi connectivity index (χ1v) is 17.1. The number of benzene rings is 7. The van der Waals surface area contributed by atoms with Gasteiger partial charge >= 0.3 is 0 Å². The normalized spacial score (nSPS) is 11.4. The molecule has 7 aromatic carbocycles. The molecule has 0 aliphatic heterocycles. The van der Waals surface area contributed by atoms with Gasteiger partial charge in [-0.25, -0.2) is 4.98 Å². The molecule has 6 heteroatoms. The summed E-state index contributed by atoms with van der Waals surface area (Å²) in [5, 5.41) is 13.6.